The van der Waals surface area contributed by atoms with Crippen LogP contribution in [0.15, 0.2) is 0 Å². The van der Waals surface area contributed by atoms with Gasteiger partial charge < -0.3 is 5.32 Å². The molecule has 0 aromatic heterocycles. The van der Waals surface area contributed by atoms with Crippen molar-refractivity contribution in [3.63, 3.8) is 0 Å². The van der Waals surface area contributed by atoms with E-state index in [1.807, 2.05) is 11.8 Å². The molecule has 0 spiro atoms. The lowest BCUT2D eigenvalue weighted by Gasteiger charge is -2.08. The van der Waals surface area contributed by atoms with Crippen molar-refractivity contribution in [2.24, 2.45) is 0 Å². The summed E-state index contributed by atoms with van der Waals surface area (Å²) in [6.45, 7) is 0.819. The molecule has 0 saturated carbocycles. The van der Waals surface area contributed by atoms with Gasteiger partial charge in [0.1, 0.15) is 0 Å². The number of unbranched alkanes of at least 4 members (excludes halogenated alkanes) is 2. The second-order valence-corrected chi connectivity index (χ2v) is 4.66. The monoisotopic (exact) mass is 230 g/mol. The summed E-state index contributed by atoms with van der Waals surface area (Å²) >= 11 is 1.86. The van der Waals surface area contributed by atoms with Crippen LogP contribution < -0.4 is 10.6 Å². The van der Waals surface area contributed by atoms with Gasteiger partial charge >= 0.3 is 0 Å². The van der Waals surface area contributed by atoms with Gasteiger partial charge in [-0.3, -0.25) is 14.9 Å². The van der Waals surface area contributed by atoms with E-state index in [4.69, 9.17) is 0 Å². The number of thioether (sulfide) groups is 1. The number of hydrogen-bond donors (Lipinski definition) is 2. The Morgan fingerprint density at radius 3 is 2.80 bits per heavy atom. The van der Waals surface area contributed by atoms with Gasteiger partial charge in [-0.05, 0) is 31.4 Å². The lowest BCUT2D eigenvalue weighted by Crippen LogP contribution is -2.36. The molecule has 0 aliphatic carbocycles. The Bertz CT molecular complexity index is 233. The van der Waals surface area contributed by atoms with Crippen molar-refractivity contribution in [3.8, 4) is 0 Å². The van der Waals surface area contributed by atoms with Gasteiger partial charge in [0.15, 0.2) is 0 Å². The molecule has 0 radical (unpaired) electrons. The summed E-state index contributed by atoms with van der Waals surface area (Å²) in [5.74, 6) is 0.853. The first-order valence-electron chi connectivity index (χ1n) is 5.30. The highest BCUT2D eigenvalue weighted by molar-refractivity contribution is 7.98. The highest BCUT2D eigenvalue weighted by atomic mass is 32.2. The Morgan fingerprint density at radius 2 is 2.20 bits per heavy atom. The first-order chi connectivity index (χ1) is 7.24. The van der Waals surface area contributed by atoms with E-state index in [0.717, 1.165) is 13.0 Å². The molecule has 15 heavy (non-hydrogen) atoms. The van der Waals surface area contributed by atoms with Crippen LogP contribution in [0.25, 0.3) is 0 Å². The van der Waals surface area contributed by atoms with E-state index < -0.39 is 0 Å². The van der Waals surface area contributed by atoms with Crippen LogP contribution in [-0.4, -0.2) is 36.4 Å². The molecule has 5 heteroatoms. The molecule has 1 heterocycles. The molecule has 2 N–H and O–H groups in total. The first kappa shape index (κ1) is 12.5. The molecule has 0 aromatic rings. The Labute approximate surface area is 94.6 Å². The molecule has 1 saturated heterocycles. The maximum absolute atomic E-state index is 11.2. The Hall–Kier alpha value is -0.550. The van der Waals surface area contributed by atoms with E-state index in [1.54, 1.807) is 0 Å². The third-order valence-electron chi connectivity index (χ3n) is 2.38. The van der Waals surface area contributed by atoms with Crippen molar-refractivity contribution in [2.75, 3.05) is 18.6 Å². The molecular formula is C10H18N2O2S. The fourth-order valence-electron chi connectivity index (χ4n) is 1.54. The predicted molar refractivity (Wildman–Crippen MR) is 61.8 cm³/mol. The number of nitrogens with one attached hydrogen (secondary N) is 2. The van der Waals surface area contributed by atoms with E-state index in [2.05, 4.69) is 16.9 Å². The topological polar surface area (TPSA) is 58.2 Å². The van der Waals surface area contributed by atoms with Crippen molar-refractivity contribution in [3.05, 3.63) is 0 Å². The van der Waals surface area contributed by atoms with Gasteiger partial charge in [0.2, 0.25) is 11.8 Å². The zero-order valence-electron chi connectivity index (χ0n) is 9.04. The third kappa shape index (κ3) is 4.66. The number of imide groups is 1. The third-order valence-corrected chi connectivity index (χ3v) is 3.08. The molecule has 1 fully saturated rings. The fourth-order valence-corrected chi connectivity index (χ4v) is 2.04. The minimum absolute atomic E-state index is 0.167. The Balaban J connectivity index is 2.00. The highest BCUT2D eigenvalue weighted by Gasteiger charge is 2.29. The van der Waals surface area contributed by atoms with Crippen LogP contribution in [0.2, 0.25) is 0 Å². The summed E-state index contributed by atoms with van der Waals surface area (Å²) in [6, 6.07) is -0.293. The van der Waals surface area contributed by atoms with Gasteiger partial charge in [-0.25, -0.2) is 0 Å². The van der Waals surface area contributed by atoms with Gasteiger partial charge in [-0.2, -0.15) is 11.8 Å². The summed E-state index contributed by atoms with van der Waals surface area (Å²) in [5.41, 5.74) is 0. The molecule has 1 aliphatic heterocycles. The van der Waals surface area contributed by atoms with Crippen LogP contribution in [0.1, 0.15) is 25.7 Å². The normalized spacial score (nSPS) is 20.7. The lowest BCUT2D eigenvalue weighted by atomic mass is 10.2. The Kier molecular flexibility index (Phi) is 5.71. The van der Waals surface area contributed by atoms with Crippen LogP contribution in [0.4, 0.5) is 0 Å². The van der Waals surface area contributed by atoms with Crippen molar-refractivity contribution in [2.45, 2.75) is 31.7 Å². The summed E-state index contributed by atoms with van der Waals surface area (Å²) < 4.78 is 0. The maximum atomic E-state index is 11.2. The zero-order valence-corrected chi connectivity index (χ0v) is 9.86. The van der Waals surface area contributed by atoms with Gasteiger partial charge in [-0.15, -0.1) is 0 Å². The SMILES string of the molecule is CSCCCCCNC1CC(=O)NC1=O. The zero-order chi connectivity index (χ0) is 11.1. The lowest BCUT2D eigenvalue weighted by molar-refractivity contribution is -0.125. The van der Waals surface area contributed by atoms with Crippen molar-refractivity contribution in [1.29, 1.82) is 0 Å². The number of carbonyl (C=O) groups excluding carboxylic acids is 2. The van der Waals surface area contributed by atoms with E-state index >= 15 is 0 Å². The molecule has 0 aromatic carbocycles. The van der Waals surface area contributed by atoms with E-state index in [9.17, 15) is 9.59 Å². The van der Waals surface area contributed by atoms with Crippen LogP contribution in [0, 0.1) is 0 Å². The summed E-state index contributed by atoms with van der Waals surface area (Å²) in [6.07, 6.45) is 5.86. The maximum Gasteiger partial charge on any atom is 0.244 e. The predicted octanol–water partition coefficient (Wildman–Crippen LogP) is 0.524. The molecule has 2 amide bonds. The minimum Gasteiger partial charge on any atom is -0.305 e. The van der Waals surface area contributed by atoms with Crippen LogP contribution >= 0.6 is 11.8 Å². The molecule has 4 nitrogen and oxygen atoms in total. The molecule has 0 bridgehead atoms. The van der Waals surface area contributed by atoms with Gasteiger partial charge in [0.05, 0.1) is 12.5 Å². The summed E-state index contributed by atoms with van der Waals surface area (Å²) in [4.78, 5) is 22.0. The Morgan fingerprint density at radius 1 is 1.40 bits per heavy atom. The minimum atomic E-state index is -0.293. The fraction of sp³-hybridized carbons (Fsp3) is 0.800. The second-order valence-electron chi connectivity index (χ2n) is 3.68. The quantitative estimate of drug-likeness (QED) is 0.494. The molecule has 1 unspecified atom stereocenters. The van der Waals surface area contributed by atoms with Crippen LogP contribution in [0.3, 0.4) is 0 Å². The number of carbonyl (C=O) groups is 2. The average Bonchev–Trinajstić information content (AvgIpc) is 2.51. The smallest absolute Gasteiger partial charge is 0.244 e. The van der Waals surface area contributed by atoms with Crippen molar-refractivity contribution in [1.82, 2.24) is 10.6 Å². The van der Waals surface area contributed by atoms with E-state index in [0.29, 0.717) is 6.42 Å². The van der Waals surface area contributed by atoms with Crippen LogP contribution in [0.5, 0.6) is 0 Å². The molecular weight excluding hydrogens is 212 g/mol. The van der Waals surface area contributed by atoms with Crippen molar-refractivity contribution < 1.29 is 9.59 Å². The molecule has 1 atom stereocenters. The van der Waals surface area contributed by atoms with Gasteiger partial charge in [0.25, 0.3) is 0 Å². The van der Waals surface area contributed by atoms with Crippen LogP contribution in [-0.2, 0) is 9.59 Å². The second kappa shape index (κ2) is 6.85. The number of hydrogen-bond acceptors (Lipinski definition) is 4. The highest BCUT2D eigenvalue weighted by Crippen LogP contribution is 2.04. The van der Waals surface area contributed by atoms with E-state index in [-0.39, 0.29) is 17.9 Å². The summed E-state index contributed by atoms with van der Waals surface area (Å²) in [5, 5.41) is 5.38. The molecule has 1 aliphatic rings. The molecule has 86 valence electrons. The summed E-state index contributed by atoms with van der Waals surface area (Å²) in [7, 11) is 0. The first-order valence-corrected chi connectivity index (χ1v) is 6.69. The van der Waals surface area contributed by atoms with Gasteiger partial charge in [-0.1, -0.05) is 6.42 Å². The average molecular weight is 230 g/mol. The number of amides is 2. The molecule has 1 rings (SSSR count). The standard InChI is InChI=1S/C10H18N2O2S/c1-15-6-4-2-3-5-11-8-7-9(13)12-10(8)14/h8,11H,2-7H2,1H3,(H,12,13,14). The van der Waals surface area contributed by atoms with E-state index in [1.165, 1.54) is 18.6 Å². The van der Waals surface area contributed by atoms with Crippen molar-refractivity contribution >= 4 is 23.6 Å². The van der Waals surface area contributed by atoms with Gasteiger partial charge in [0, 0.05) is 0 Å². The largest absolute Gasteiger partial charge is 0.305 e. The number of rotatable bonds is 7.